The highest BCUT2D eigenvalue weighted by Crippen LogP contribution is 2.18. The van der Waals surface area contributed by atoms with Gasteiger partial charge in [-0.1, -0.05) is 279 Å². The molecule has 0 aromatic rings. The summed E-state index contributed by atoms with van der Waals surface area (Å²) in [7, 11) is 0. The number of esters is 3. The first-order chi connectivity index (χ1) is 30.7. The van der Waals surface area contributed by atoms with Crippen LogP contribution in [0.2, 0.25) is 0 Å². The van der Waals surface area contributed by atoms with Crippen LogP contribution < -0.4 is 0 Å². The van der Waals surface area contributed by atoms with Crippen LogP contribution in [0, 0.1) is 11.8 Å². The molecule has 0 amide bonds. The summed E-state index contributed by atoms with van der Waals surface area (Å²) < 4.78 is 16.9. The van der Waals surface area contributed by atoms with Gasteiger partial charge in [0.1, 0.15) is 13.2 Å². The summed E-state index contributed by atoms with van der Waals surface area (Å²) in [5, 5.41) is 0. The lowest BCUT2D eigenvalue weighted by molar-refractivity contribution is -0.167. The molecule has 0 saturated heterocycles. The zero-order valence-electron chi connectivity index (χ0n) is 43.2. The molecular weight excluding hydrogens is 781 g/mol. The Labute approximate surface area is 393 Å². The molecule has 0 aliphatic heterocycles. The largest absolute Gasteiger partial charge is 0.462 e. The van der Waals surface area contributed by atoms with Crippen molar-refractivity contribution in [2.75, 3.05) is 13.2 Å². The molecule has 0 fully saturated rings. The lowest BCUT2D eigenvalue weighted by atomic mass is 10.0. The fourth-order valence-corrected chi connectivity index (χ4v) is 8.70. The summed E-state index contributed by atoms with van der Waals surface area (Å²) >= 11 is 0. The average Bonchev–Trinajstić information content (AvgIpc) is 3.25. The van der Waals surface area contributed by atoms with Gasteiger partial charge in [0.2, 0.25) is 0 Å². The number of hydrogen-bond donors (Lipinski definition) is 0. The summed E-state index contributed by atoms with van der Waals surface area (Å²) in [6.45, 7) is 11.4. The van der Waals surface area contributed by atoms with Crippen molar-refractivity contribution >= 4 is 17.9 Å². The Balaban J connectivity index is 4.27. The molecule has 63 heavy (non-hydrogen) atoms. The van der Waals surface area contributed by atoms with Crippen molar-refractivity contribution in [2.24, 2.45) is 11.8 Å². The summed E-state index contributed by atoms with van der Waals surface area (Å²) in [4.78, 5) is 38.1. The predicted octanol–water partition coefficient (Wildman–Crippen LogP) is 18.5. The van der Waals surface area contributed by atoms with Gasteiger partial charge in [-0.15, -0.1) is 0 Å². The van der Waals surface area contributed by atoms with E-state index in [1.807, 2.05) is 0 Å². The number of carbonyl (C=O) groups excluding carboxylic acids is 3. The third-order valence-electron chi connectivity index (χ3n) is 13.0. The van der Waals surface area contributed by atoms with Gasteiger partial charge in [-0.2, -0.15) is 0 Å². The van der Waals surface area contributed by atoms with Crippen LogP contribution in [0.4, 0.5) is 0 Å². The maximum atomic E-state index is 12.8. The van der Waals surface area contributed by atoms with Crippen LogP contribution in [0.15, 0.2) is 0 Å². The number of hydrogen-bond acceptors (Lipinski definition) is 6. The summed E-state index contributed by atoms with van der Waals surface area (Å²) in [6, 6.07) is 0. The smallest absolute Gasteiger partial charge is 0.306 e. The second-order valence-corrected chi connectivity index (χ2v) is 20.5. The van der Waals surface area contributed by atoms with Gasteiger partial charge in [-0.05, 0) is 31.1 Å². The van der Waals surface area contributed by atoms with E-state index in [0.29, 0.717) is 19.3 Å². The summed E-state index contributed by atoms with van der Waals surface area (Å²) in [6.07, 6.45) is 52.4. The number of carbonyl (C=O) groups is 3. The second-order valence-electron chi connectivity index (χ2n) is 20.5. The van der Waals surface area contributed by atoms with Crippen LogP contribution in [-0.2, 0) is 28.6 Å². The topological polar surface area (TPSA) is 78.9 Å². The van der Waals surface area contributed by atoms with E-state index in [4.69, 9.17) is 14.2 Å². The molecule has 0 N–H and O–H groups in total. The van der Waals surface area contributed by atoms with Crippen LogP contribution in [-0.4, -0.2) is 37.2 Å². The Morgan fingerprint density at radius 3 is 0.778 bits per heavy atom. The Hall–Kier alpha value is -1.59. The molecule has 0 bridgehead atoms. The van der Waals surface area contributed by atoms with Crippen molar-refractivity contribution in [2.45, 2.75) is 323 Å². The first-order valence-corrected chi connectivity index (χ1v) is 28.2. The maximum Gasteiger partial charge on any atom is 0.306 e. The Morgan fingerprint density at radius 2 is 0.524 bits per heavy atom. The molecule has 6 nitrogen and oxygen atoms in total. The van der Waals surface area contributed by atoms with Crippen molar-refractivity contribution < 1.29 is 28.6 Å². The van der Waals surface area contributed by atoms with Crippen LogP contribution in [0.5, 0.6) is 0 Å². The molecule has 0 unspecified atom stereocenters. The van der Waals surface area contributed by atoms with E-state index < -0.39 is 6.10 Å². The van der Waals surface area contributed by atoms with Gasteiger partial charge < -0.3 is 14.2 Å². The van der Waals surface area contributed by atoms with Crippen molar-refractivity contribution in [1.82, 2.24) is 0 Å². The molecule has 0 saturated carbocycles. The van der Waals surface area contributed by atoms with Crippen LogP contribution >= 0.6 is 0 Å². The minimum Gasteiger partial charge on any atom is -0.462 e. The van der Waals surface area contributed by atoms with Gasteiger partial charge in [0.15, 0.2) is 6.10 Å². The van der Waals surface area contributed by atoms with Crippen molar-refractivity contribution in [3.63, 3.8) is 0 Å². The minimum atomic E-state index is -0.763. The third-order valence-corrected chi connectivity index (χ3v) is 13.0. The molecule has 0 aliphatic carbocycles. The molecule has 0 radical (unpaired) electrons. The first-order valence-electron chi connectivity index (χ1n) is 28.2. The highest BCUT2D eigenvalue weighted by atomic mass is 16.6. The van der Waals surface area contributed by atoms with Crippen LogP contribution in [0.3, 0.4) is 0 Å². The molecule has 374 valence electrons. The maximum absolute atomic E-state index is 12.8. The molecule has 0 aromatic heterocycles. The number of rotatable bonds is 51. The van der Waals surface area contributed by atoms with Crippen LogP contribution in [0.25, 0.3) is 0 Å². The predicted molar refractivity (Wildman–Crippen MR) is 270 cm³/mol. The SMILES string of the molecule is CCCCCCCCCCCCCCCCCCCCC(=O)OC[C@@H](COC(=O)CCCCCCCCCCC(C)C)OC(=O)CCCCCCCCCCCCCCCC(C)C. The van der Waals surface area contributed by atoms with E-state index in [1.165, 1.54) is 205 Å². The highest BCUT2D eigenvalue weighted by Gasteiger charge is 2.19. The van der Waals surface area contributed by atoms with Crippen LogP contribution in [0.1, 0.15) is 317 Å². The lowest BCUT2D eigenvalue weighted by Gasteiger charge is -2.18. The fraction of sp³-hybridized carbons (Fsp3) is 0.947. The molecular formula is C57H110O6. The van der Waals surface area contributed by atoms with Crippen molar-refractivity contribution in [3.8, 4) is 0 Å². The van der Waals surface area contributed by atoms with Crippen molar-refractivity contribution in [3.05, 3.63) is 0 Å². The van der Waals surface area contributed by atoms with E-state index in [2.05, 4.69) is 34.6 Å². The van der Waals surface area contributed by atoms with Gasteiger partial charge in [-0.3, -0.25) is 14.4 Å². The molecule has 0 aliphatic rings. The van der Waals surface area contributed by atoms with Gasteiger partial charge in [-0.25, -0.2) is 0 Å². The number of unbranched alkanes of at least 4 members (excludes halogenated alkanes) is 36. The fourth-order valence-electron chi connectivity index (χ4n) is 8.70. The normalized spacial score (nSPS) is 12.0. The Bertz CT molecular complexity index is 962. The van der Waals surface area contributed by atoms with Gasteiger partial charge in [0, 0.05) is 19.3 Å². The van der Waals surface area contributed by atoms with E-state index in [9.17, 15) is 14.4 Å². The van der Waals surface area contributed by atoms with Crippen molar-refractivity contribution in [1.29, 1.82) is 0 Å². The van der Waals surface area contributed by atoms with E-state index >= 15 is 0 Å². The van der Waals surface area contributed by atoms with Gasteiger partial charge in [0.25, 0.3) is 0 Å². The third kappa shape index (κ3) is 51.3. The Morgan fingerprint density at radius 1 is 0.302 bits per heavy atom. The standard InChI is InChI=1S/C57H110O6/c1-6-7-8-9-10-11-12-13-14-15-16-17-20-23-26-32-37-42-47-55(58)61-50-54(51-62-56(59)48-43-38-33-29-28-31-36-41-46-53(4)5)63-57(60)49-44-39-34-27-24-21-18-19-22-25-30-35-40-45-52(2)3/h52-54H,6-51H2,1-5H3/t54-/m0/s1. The number of ether oxygens (including phenoxy) is 3. The van der Waals surface area contributed by atoms with E-state index in [1.54, 1.807) is 0 Å². The molecule has 0 spiro atoms. The second kappa shape index (κ2) is 49.8. The van der Waals surface area contributed by atoms with Gasteiger partial charge in [0.05, 0.1) is 0 Å². The Kier molecular flexibility index (Phi) is 48.6. The van der Waals surface area contributed by atoms with E-state index in [0.717, 1.165) is 69.6 Å². The lowest BCUT2D eigenvalue weighted by Crippen LogP contribution is -2.30. The zero-order chi connectivity index (χ0) is 46.1. The summed E-state index contributed by atoms with van der Waals surface area (Å²) in [5.74, 6) is 0.791. The average molecular weight is 892 g/mol. The molecule has 0 heterocycles. The summed E-state index contributed by atoms with van der Waals surface area (Å²) in [5.41, 5.74) is 0. The first kappa shape index (κ1) is 61.4. The minimum absolute atomic E-state index is 0.0633. The highest BCUT2D eigenvalue weighted by molar-refractivity contribution is 5.71. The quantitative estimate of drug-likeness (QED) is 0.0344. The van der Waals surface area contributed by atoms with Gasteiger partial charge >= 0.3 is 17.9 Å². The monoisotopic (exact) mass is 891 g/mol. The molecule has 1 atom stereocenters. The zero-order valence-corrected chi connectivity index (χ0v) is 43.2. The molecule has 0 aromatic carbocycles. The molecule has 0 rings (SSSR count). The van der Waals surface area contributed by atoms with E-state index in [-0.39, 0.29) is 31.1 Å². The molecule has 6 heteroatoms.